The summed E-state index contributed by atoms with van der Waals surface area (Å²) < 4.78 is 5.33. The molecule has 0 radical (unpaired) electrons. The zero-order valence-electron chi connectivity index (χ0n) is 13.1. The second-order valence-corrected chi connectivity index (χ2v) is 5.97. The van der Waals surface area contributed by atoms with Gasteiger partial charge in [-0.1, -0.05) is 19.1 Å². The zero-order chi connectivity index (χ0) is 15.5. The van der Waals surface area contributed by atoms with Gasteiger partial charge < -0.3 is 14.7 Å². The highest BCUT2D eigenvalue weighted by atomic mass is 16.5. The number of anilines is 1. The molecule has 0 bridgehead atoms. The van der Waals surface area contributed by atoms with Crippen molar-refractivity contribution in [1.29, 1.82) is 0 Å². The SMILES string of the molecule is CCC(=O)N1CCc2cc(C(O)CN3CCOCC3)ccc21. The number of carbonyl (C=O) groups excluding carboxylic acids is 1. The van der Waals surface area contributed by atoms with E-state index < -0.39 is 6.10 Å². The fourth-order valence-corrected chi connectivity index (χ4v) is 3.21. The molecule has 1 amide bonds. The predicted molar refractivity (Wildman–Crippen MR) is 85.0 cm³/mol. The highest BCUT2D eigenvalue weighted by molar-refractivity contribution is 5.95. The Balaban J connectivity index is 1.69. The predicted octanol–water partition coefficient (Wildman–Crippen LogP) is 1.35. The van der Waals surface area contributed by atoms with Crippen molar-refractivity contribution in [3.63, 3.8) is 0 Å². The molecular weight excluding hydrogens is 280 g/mol. The second-order valence-electron chi connectivity index (χ2n) is 5.97. The van der Waals surface area contributed by atoms with Crippen molar-refractivity contribution >= 4 is 11.6 Å². The van der Waals surface area contributed by atoms with Gasteiger partial charge in [-0.25, -0.2) is 0 Å². The molecule has 1 aromatic carbocycles. The summed E-state index contributed by atoms with van der Waals surface area (Å²) in [4.78, 5) is 16.0. The van der Waals surface area contributed by atoms with E-state index in [1.165, 1.54) is 5.56 Å². The molecule has 1 saturated heterocycles. The van der Waals surface area contributed by atoms with Gasteiger partial charge in [-0.15, -0.1) is 0 Å². The molecular formula is C17H24N2O3. The minimum Gasteiger partial charge on any atom is -0.387 e. The average molecular weight is 304 g/mol. The molecule has 1 N–H and O–H groups in total. The van der Waals surface area contributed by atoms with Crippen LogP contribution in [-0.2, 0) is 16.0 Å². The number of fused-ring (bicyclic) bond motifs is 1. The monoisotopic (exact) mass is 304 g/mol. The van der Waals surface area contributed by atoms with Crippen molar-refractivity contribution in [3.05, 3.63) is 29.3 Å². The van der Waals surface area contributed by atoms with Crippen LogP contribution in [-0.4, -0.2) is 55.3 Å². The Morgan fingerprint density at radius 3 is 2.82 bits per heavy atom. The van der Waals surface area contributed by atoms with Gasteiger partial charge in [0.05, 0.1) is 19.3 Å². The van der Waals surface area contributed by atoms with Crippen LogP contribution >= 0.6 is 0 Å². The van der Waals surface area contributed by atoms with E-state index in [2.05, 4.69) is 11.0 Å². The summed E-state index contributed by atoms with van der Waals surface area (Å²) in [7, 11) is 0. The zero-order valence-corrected chi connectivity index (χ0v) is 13.1. The van der Waals surface area contributed by atoms with Crippen LogP contribution in [0.25, 0.3) is 0 Å². The first kappa shape index (κ1) is 15.5. The number of β-amino-alcohol motifs (C(OH)–C–C–N with tert-alkyl or cyclic N) is 1. The average Bonchev–Trinajstić information content (AvgIpc) is 2.98. The van der Waals surface area contributed by atoms with Crippen molar-refractivity contribution in [3.8, 4) is 0 Å². The number of nitrogens with zero attached hydrogens (tertiary/aromatic N) is 2. The molecule has 2 aliphatic heterocycles. The first-order valence-electron chi connectivity index (χ1n) is 8.10. The Hall–Kier alpha value is -1.43. The molecule has 5 nitrogen and oxygen atoms in total. The summed E-state index contributed by atoms with van der Waals surface area (Å²) >= 11 is 0. The maximum absolute atomic E-state index is 11.9. The molecule has 1 fully saturated rings. The van der Waals surface area contributed by atoms with Crippen molar-refractivity contribution in [2.45, 2.75) is 25.9 Å². The van der Waals surface area contributed by atoms with Crippen LogP contribution in [0.1, 0.15) is 30.6 Å². The molecule has 0 aromatic heterocycles. The maximum Gasteiger partial charge on any atom is 0.226 e. The molecule has 2 heterocycles. The van der Waals surface area contributed by atoms with Crippen LogP contribution in [0.2, 0.25) is 0 Å². The molecule has 5 heteroatoms. The summed E-state index contributed by atoms with van der Waals surface area (Å²) in [6.45, 7) is 6.52. The third kappa shape index (κ3) is 3.16. The highest BCUT2D eigenvalue weighted by Crippen LogP contribution is 2.31. The van der Waals surface area contributed by atoms with Crippen LogP contribution in [0.5, 0.6) is 0 Å². The van der Waals surface area contributed by atoms with Crippen molar-refractivity contribution in [1.82, 2.24) is 4.90 Å². The largest absolute Gasteiger partial charge is 0.387 e. The number of aliphatic hydroxyl groups is 1. The van der Waals surface area contributed by atoms with Gasteiger partial charge in [0, 0.05) is 38.3 Å². The first-order valence-corrected chi connectivity index (χ1v) is 8.10. The number of rotatable bonds is 4. The minimum absolute atomic E-state index is 0.167. The van der Waals surface area contributed by atoms with Crippen LogP contribution < -0.4 is 4.90 Å². The Kier molecular flexibility index (Phi) is 4.76. The van der Waals surface area contributed by atoms with Gasteiger partial charge in [-0.3, -0.25) is 9.69 Å². The standard InChI is InChI=1S/C17H24N2O3/c1-2-17(21)19-6-5-13-11-14(3-4-15(13)19)16(20)12-18-7-9-22-10-8-18/h3-4,11,16,20H,2,5-10,12H2,1H3. The van der Waals surface area contributed by atoms with Crippen LogP contribution in [0.4, 0.5) is 5.69 Å². The van der Waals surface area contributed by atoms with Gasteiger partial charge in [-0.2, -0.15) is 0 Å². The summed E-state index contributed by atoms with van der Waals surface area (Å²) in [5, 5.41) is 10.5. The van der Waals surface area contributed by atoms with Gasteiger partial charge in [0.1, 0.15) is 0 Å². The molecule has 2 aliphatic rings. The molecule has 0 spiro atoms. The van der Waals surface area contributed by atoms with E-state index >= 15 is 0 Å². The Morgan fingerprint density at radius 2 is 2.09 bits per heavy atom. The van der Waals surface area contributed by atoms with Gasteiger partial charge in [0.2, 0.25) is 5.91 Å². The van der Waals surface area contributed by atoms with E-state index in [-0.39, 0.29) is 5.91 Å². The number of hydrogen-bond donors (Lipinski definition) is 1. The van der Waals surface area contributed by atoms with E-state index in [9.17, 15) is 9.90 Å². The lowest BCUT2D eigenvalue weighted by Gasteiger charge is -2.28. The molecule has 1 unspecified atom stereocenters. The molecule has 0 saturated carbocycles. The molecule has 3 rings (SSSR count). The van der Waals surface area contributed by atoms with Gasteiger partial charge >= 0.3 is 0 Å². The Bertz CT molecular complexity index is 541. The van der Waals surface area contributed by atoms with Crippen LogP contribution in [0.3, 0.4) is 0 Å². The third-order valence-corrected chi connectivity index (χ3v) is 4.52. The smallest absolute Gasteiger partial charge is 0.226 e. The maximum atomic E-state index is 11.9. The summed E-state index contributed by atoms with van der Waals surface area (Å²) in [5.41, 5.74) is 3.12. The number of aliphatic hydroxyl groups excluding tert-OH is 1. The summed E-state index contributed by atoms with van der Waals surface area (Å²) in [6, 6.07) is 5.99. The number of amides is 1. The summed E-state index contributed by atoms with van der Waals surface area (Å²) in [5.74, 6) is 0.167. The number of hydrogen-bond acceptors (Lipinski definition) is 4. The molecule has 120 valence electrons. The van der Waals surface area contributed by atoms with Crippen LogP contribution in [0, 0.1) is 0 Å². The lowest BCUT2D eigenvalue weighted by molar-refractivity contribution is -0.118. The third-order valence-electron chi connectivity index (χ3n) is 4.52. The van der Waals surface area contributed by atoms with Crippen molar-refractivity contribution in [2.24, 2.45) is 0 Å². The Morgan fingerprint density at radius 1 is 1.32 bits per heavy atom. The quantitative estimate of drug-likeness (QED) is 0.912. The number of benzene rings is 1. The minimum atomic E-state index is -0.487. The fourth-order valence-electron chi connectivity index (χ4n) is 3.21. The van der Waals surface area contributed by atoms with E-state index in [0.29, 0.717) is 13.0 Å². The van der Waals surface area contributed by atoms with Crippen molar-refractivity contribution in [2.75, 3.05) is 44.3 Å². The second kappa shape index (κ2) is 6.77. The highest BCUT2D eigenvalue weighted by Gasteiger charge is 2.25. The normalized spacial score (nSPS) is 20.0. The molecule has 0 aliphatic carbocycles. The summed E-state index contributed by atoms with van der Waals surface area (Å²) in [6.07, 6.45) is 0.916. The fraction of sp³-hybridized carbons (Fsp3) is 0.588. The molecule has 1 aromatic rings. The van der Waals surface area contributed by atoms with Gasteiger partial charge in [0.15, 0.2) is 0 Å². The van der Waals surface area contributed by atoms with Crippen molar-refractivity contribution < 1.29 is 14.6 Å². The van der Waals surface area contributed by atoms with Crippen LogP contribution in [0.15, 0.2) is 18.2 Å². The lowest BCUT2D eigenvalue weighted by Crippen LogP contribution is -2.38. The molecule has 22 heavy (non-hydrogen) atoms. The topological polar surface area (TPSA) is 53.0 Å². The molecule has 1 atom stereocenters. The lowest BCUT2D eigenvalue weighted by atomic mass is 10.0. The van der Waals surface area contributed by atoms with Gasteiger partial charge in [-0.05, 0) is 23.6 Å². The number of carbonyl (C=O) groups is 1. The van der Waals surface area contributed by atoms with E-state index in [1.807, 2.05) is 24.0 Å². The van der Waals surface area contributed by atoms with E-state index in [0.717, 1.165) is 50.5 Å². The number of ether oxygens (including phenoxy) is 1. The first-order chi connectivity index (χ1) is 10.7. The number of morpholine rings is 1. The van der Waals surface area contributed by atoms with E-state index in [4.69, 9.17) is 4.74 Å². The van der Waals surface area contributed by atoms with Gasteiger partial charge in [0.25, 0.3) is 0 Å². The van der Waals surface area contributed by atoms with E-state index in [1.54, 1.807) is 0 Å². The Labute approximate surface area is 131 Å².